The van der Waals surface area contributed by atoms with E-state index in [9.17, 15) is 8.78 Å². The zero-order valence-electron chi connectivity index (χ0n) is 10.1. The van der Waals surface area contributed by atoms with Crippen molar-refractivity contribution in [2.45, 2.75) is 26.9 Å². The quantitative estimate of drug-likeness (QED) is 0.771. The van der Waals surface area contributed by atoms with Crippen molar-refractivity contribution in [3.05, 3.63) is 21.6 Å². The molecule has 0 radical (unpaired) electrons. The summed E-state index contributed by atoms with van der Waals surface area (Å²) in [6.07, 6.45) is 0.929. The summed E-state index contributed by atoms with van der Waals surface area (Å²) in [5, 5.41) is 3.51. The first-order valence-corrected chi connectivity index (χ1v) is 6.75. The second-order valence-electron chi connectivity index (χ2n) is 4.25. The summed E-state index contributed by atoms with van der Waals surface area (Å²) >= 11 is 9.05. The van der Waals surface area contributed by atoms with Crippen LogP contribution in [0.1, 0.15) is 20.3 Å². The number of anilines is 1. The van der Waals surface area contributed by atoms with Crippen LogP contribution < -0.4 is 10.1 Å². The van der Waals surface area contributed by atoms with Gasteiger partial charge in [0.2, 0.25) is 0 Å². The average Bonchev–Trinajstić information content (AvgIpc) is 2.22. The van der Waals surface area contributed by atoms with E-state index in [4.69, 9.17) is 11.6 Å². The Kier molecular flexibility index (Phi) is 6.15. The molecule has 102 valence electrons. The molecule has 1 N–H and O–H groups in total. The van der Waals surface area contributed by atoms with Crippen molar-refractivity contribution in [3.8, 4) is 5.75 Å². The molecular weight excluding hydrogens is 327 g/mol. The Morgan fingerprint density at radius 2 is 2.06 bits per heavy atom. The van der Waals surface area contributed by atoms with Crippen LogP contribution in [0.4, 0.5) is 14.5 Å². The molecule has 18 heavy (non-hydrogen) atoms. The molecule has 0 aliphatic carbocycles. The van der Waals surface area contributed by atoms with Crippen molar-refractivity contribution in [2.75, 3.05) is 11.9 Å². The van der Waals surface area contributed by atoms with Crippen molar-refractivity contribution in [3.63, 3.8) is 0 Å². The molecule has 0 spiro atoms. The molecule has 0 aliphatic heterocycles. The van der Waals surface area contributed by atoms with Crippen LogP contribution in [-0.2, 0) is 0 Å². The third-order valence-electron chi connectivity index (χ3n) is 2.25. The van der Waals surface area contributed by atoms with E-state index in [1.54, 1.807) is 6.07 Å². The van der Waals surface area contributed by atoms with Gasteiger partial charge in [-0.3, -0.25) is 0 Å². The fourth-order valence-electron chi connectivity index (χ4n) is 1.40. The van der Waals surface area contributed by atoms with Crippen LogP contribution in [0.3, 0.4) is 0 Å². The molecular formula is C12H15BrClF2NO. The highest BCUT2D eigenvalue weighted by Crippen LogP contribution is 2.37. The minimum atomic E-state index is -2.87. The van der Waals surface area contributed by atoms with Crippen molar-refractivity contribution in [2.24, 2.45) is 5.92 Å². The normalized spacial score (nSPS) is 11.1. The number of alkyl halides is 2. The van der Waals surface area contributed by atoms with Crippen LogP contribution in [0.15, 0.2) is 16.6 Å². The van der Waals surface area contributed by atoms with E-state index < -0.39 is 6.61 Å². The molecule has 1 aromatic rings. The monoisotopic (exact) mass is 341 g/mol. The predicted octanol–water partition coefficient (Wildman–Crippen LogP) is 5.16. The minimum absolute atomic E-state index is 0.0816. The summed E-state index contributed by atoms with van der Waals surface area (Å²) in [5.41, 5.74) is 0.468. The van der Waals surface area contributed by atoms with E-state index in [0.717, 1.165) is 6.42 Å². The number of ether oxygens (including phenoxy) is 1. The van der Waals surface area contributed by atoms with Crippen molar-refractivity contribution in [1.29, 1.82) is 0 Å². The first-order chi connectivity index (χ1) is 8.40. The van der Waals surface area contributed by atoms with E-state index in [-0.39, 0.29) is 5.75 Å². The highest BCUT2D eigenvalue weighted by Gasteiger charge is 2.14. The fraction of sp³-hybridized carbons (Fsp3) is 0.500. The van der Waals surface area contributed by atoms with Gasteiger partial charge in [-0.2, -0.15) is 8.78 Å². The van der Waals surface area contributed by atoms with Gasteiger partial charge in [-0.05, 0) is 40.4 Å². The van der Waals surface area contributed by atoms with E-state index in [1.807, 2.05) is 0 Å². The SMILES string of the molecule is CC(C)CCNc1cc(Cl)cc(Br)c1OC(F)F. The maximum Gasteiger partial charge on any atom is 0.387 e. The molecule has 0 atom stereocenters. The van der Waals surface area contributed by atoms with Gasteiger partial charge in [-0.1, -0.05) is 25.4 Å². The zero-order valence-corrected chi connectivity index (χ0v) is 12.5. The minimum Gasteiger partial charge on any atom is -0.431 e. The number of hydrogen-bond acceptors (Lipinski definition) is 2. The topological polar surface area (TPSA) is 21.3 Å². The molecule has 1 aromatic carbocycles. The summed E-state index contributed by atoms with van der Waals surface area (Å²) in [6.45, 7) is 1.98. The lowest BCUT2D eigenvalue weighted by atomic mass is 10.1. The summed E-state index contributed by atoms with van der Waals surface area (Å²) < 4.78 is 29.5. The van der Waals surface area contributed by atoms with Gasteiger partial charge in [0.05, 0.1) is 10.2 Å². The fourth-order valence-corrected chi connectivity index (χ4v) is 2.30. The van der Waals surface area contributed by atoms with Crippen molar-refractivity contribution in [1.82, 2.24) is 0 Å². The first kappa shape index (κ1) is 15.5. The lowest BCUT2D eigenvalue weighted by Crippen LogP contribution is -2.09. The molecule has 0 heterocycles. The maximum atomic E-state index is 12.3. The standard InChI is InChI=1S/C12H15BrClF2NO/c1-7(2)3-4-17-10-6-8(14)5-9(13)11(10)18-12(15)16/h5-7,12,17H,3-4H2,1-2H3. The van der Waals surface area contributed by atoms with E-state index in [1.165, 1.54) is 6.07 Å². The summed E-state index contributed by atoms with van der Waals surface area (Å²) in [7, 11) is 0. The van der Waals surface area contributed by atoms with Crippen molar-refractivity contribution < 1.29 is 13.5 Å². The molecule has 2 nitrogen and oxygen atoms in total. The third-order valence-corrected chi connectivity index (χ3v) is 3.06. The van der Waals surface area contributed by atoms with E-state index in [0.29, 0.717) is 27.6 Å². The number of rotatable bonds is 6. The number of benzene rings is 1. The van der Waals surface area contributed by atoms with Crippen LogP contribution in [0.5, 0.6) is 5.75 Å². The maximum absolute atomic E-state index is 12.3. The Morgan fingerprint density at radius 1 is 1.39 bits per heavy atom. The molecule has 0 bridgehead atoms. The summed E-state index contributed by atoms with van der Waals surface area (Å²) in [4.78, 5) is 0. The smallest absolute Gasteiger partial charge is 0.387 e. The van der Waals surface area contributed by atoms with Crippen LogP contribution in [-0.4, -0.2) is 13.2 Å². The number of nitrogens with one attached hydrogen (secondary N) is 1. The lowest BCUT2D eigenvalue weighted by molar-refractivity contribution is -0.0498. The van der Waals surface area contributed by atoms with Gasteiger partial charge >= 0.3 is 6.61 Å². The molecule has 0 amide bonds. The van der Waals surface area contributed by atoms with Crippen LogP contribution >= 0.6 is 27.5 Å². The Labute approximate surface area is 119 Å². The van der Waals surface area contributed by atoms with Gasteiger partial charge in [-0.25, -0.2) is 0 Å². The Balaban J connectivity index is 2.85. The Bertz CT molecular complexity index is 402. The molecule has 0 aliphatic rings. The number of hydrogen-bond donors (Lipinski definition) is 1. The van der Waals surface area contributed by atoms with Gasteiger partial charge in [0.15, 0.2) is 5.75 Å². The lowest BCUT2D eigenvalue weighted by Gasteiger charge is -2.15. The molecule has 0 unspecified atom stereocenters. The predicted molar refractivity (Wildman–Crippen MR) is 73.7 cm³/mol. The molecule has 0 fully saturated rings. The van der Waals surface area contributed by atoms with Gasteiger partial charge in [0.1, 0.15) is 0 Å². The molecule has 0 saturated carbocycles. The van der Waals surface area contributed by atoms with Gasteiger partial charge in [0.25, 0.3) is 0 Å². The van der Waals surface area contributed by atoms with Crippen LogP contribution in [0.2, 0.25) is 5.02 Å². The summed E-state index contributed by atoms with van der Waals surface area (Å²) in [5.74, 6) is 0.609. The Morgan fingerprint density at radius 3 is 2.61 bits per heavy atom. The largest absolute Gasteiger partial charge is 0.431 e. The summed E-state index contributed by atoms with van der Waals surface area (Å²) in [6, 6.07) is 3.09. The van der Waals surface area contributed by atoms with Gasteiger partial charge < -0.3 is 10.1 Å². The first-order valence-electron chi connectivity index (χ1n) is 5.58. The highest BCUT2D eigenvalue weighted by atomic mass is 79.9. The van der Waals surface area contributed by atoms with E-state index in [2.05, 4.69) is 39.8 Å². The second-order valence-corrected chi connectivity index (χ2v) is 5.54. The molecule has 0 saturated heterocycles. The third kappa shape index (κ3) is 4.98. The van der Waals surface area contributed by atoms with Crippen molar-refractivity contribution >= 4 is 33.2 Å². The molecule has 1 rings (SSSR count). The number of halogens is 4. The Hall–Kier alpha value is -0.550. The highest BCUT2D eigenvalue weighted by molar-refractivity contribution is 9.10. The van der Waals surface area contributed by atoms with Crippen LogP contribution in [0.25, 0.3) is 0 Å². The van der Waals surface area contributed by atoms with Gasteiger partial charge in [0, 0.05) is 11.6 Å². The van der Waals surface area contributed by atoms with Gasteiger partial charge in [-0.15, -0.1) is 0 Å². The molecule has 0 aromatic heterocycles. The average molecular weight is 343 g/mol. The second kappa shape index (κ2) is 7.14. The van der Waals surface area contributed by atoms with E-state index >= 15 is 0 Å². The van der Waals surface area contributed by atoms with Crippen LogP contribution in [0, 0.1) is 5.92 Å². The molecule has 6 heteroatoms. The zero-order chi connectivity index (χ0) is 13.7.